The third kappa shape index (κ3) is 4.05. The van der Waals surface area contributed by atoms with Gasteiger partial charge in [-0.25, -0.2) is 4.98 Å². The highest BCUT2D eigenvalue weighted by atomic mass is 16.1. The molecule has 2 aromatic rings. The van der Waals surface area contributed by atoms with Crippen molar-refractivity contribution in [1.82, 2.24) is 10.3 Å². The number of hydrogen-bond acceptors (Lipinski definition) is 3. The van der Waals surface area contributed by atoms with Crippen molar-refractivity contribution in [3.63, 3.8) is 0 Å². The Morgan fingerprint density at radius 1 is 1.29 bits per heavy atom. The minimum Gasteiger partial charge on any atom is -0.384 e. The first-order valence-electron chi connectivity index (χ1n) is 7.07. The number of aryl methyl sites for hydroxylation is 1. The van der Waals surface area contributed by atoms with Crippen molar-refractivity contribution in [3.8, 4) is 0 Å². The van der Waals surface area contributed by atoms with Crippen molar-refractivity contribution < 1.29 is 4.79 Å². The summed E-state index contributed by atoms with van der Waals surface area (Å²) in [6, 6.07) is 11.5. The third-order valence-electron chi connectivity index (χ3n) is 3.25. The summed E-state index contributed by atoms with van der Waals surface area (Å²) in [6.45, 7) is 6.58. The van der Waals surface area contributed by atoms with Crippen molar-refractivity contribution in [3.05, 3.63) is 58.8 Å². The Balaban J connectivity index is 2.10. The fraction of sp³-hybridized carbons (Fsp3) is 0.294. The fourth-order valence-electron chi connectivity index (χ4n) is 2.11. The van der Waals surface area contributed by atoms with E-state index in [1.54, 1.807) is 12.1 Å². The Labute approximate surface area is 125 Å². The van der Waals surface area contributed by atoms with Crippen molar-refractivity contribution in [2.24, 2.45) is 0 Å². The third-order valence-corrected chi connectivity index (χ3v) is 3.25. The number of nitrogens with zero attached hydrogens (tertiary/aromatic N) is 1. The van der Waals surface area contributed by atoms with Crippen LogP contribution in [0, 0.1) is 6.92 Å². The maximum absolute atomic E-state index is 12.2. The van der Waals surface area contributed by atoms with Gasteiger partial charge in [-0.05, 0) is 30.5 Å². The molecule has 4 nitrogen and oxygen atoms in total. The van der Waals surface area contributed by atoms with E-state index in [1.165, 1.54) is 5.56 Å². The summed E-state index contributed by atoms with van der Waals surface area (Å²) < 4.78 is 0. The lowest BCUT2D eigenvalue weighted by Gasteiger charge is -2.10. The zero-order valence-corrected chi connectivity index (χ0v) is 12.7. The number of rotatable bonds is 4. The average Bonchev–Trinajstić information content (AvgIpc) is 2.44. The number of carbonyl (C=O) groups excluding carboxylic acids is 1. The van der Waals surface area contributed by atoms with E-state index in [0.29, 0.717) is 17.9 Å². The topological polar surface area (TPSA) is 68.0 Å². The number of amides is 1. The standard InChI is InChI=1S/C17H21N3O/c1-11(2)15-8-14(9-16(18)20-15)17(21)19-10-13-6-4-5-12(3)7-13/h4-9,11H,10H2,1-3H3,(H2,18,20)(H,19,21). The Bertz CT molecular complexity index is 650. The maximum atomic E-state index is 12.2. The number of aromatic nitrogens is 1. The van der Waals surface area contributed by atoms with E-state index in [0.717, 1.165) is 11.3 Å². The van der Waals surface area contributed by atoms with Gasteiger partial charge in [0.05, 0.1) is 0 Å². The molecule has 4 heteroatoms. The minimum absolute atomic E-state index is 0.132. The molecule has 0 saturated carbocycles. The molecule has 0 radical (unpaired) electrons. The molecule has 2 rings (SSSR count). The van der Waals surface area contributed by atoms with Gasteiger partial charge in [0, 0.05) is 17.8 Å². The highest BCUT2D eigenvalue weighted by Gasteiger charge is 2.10. The van der Waals surface area contributed by atoms with Gasteiger partial charge in [0.25, 0.3) is 5.91 Å². The largest absolute Gasteiger partial charge is 0.384 e. The van der Waals surface area contributed by atoms with Gasteiger partial charge in [-0.2, -0.15) is 0 Å². The fourth-order valence-corrected chi connectivity index (χ4v) is 2.11. The second-order valence-electron chi connectivity index (χ2n) is 5.53. The molecule has 0 aliphatic rings. The first-order chi connectivity index (χ1) is 9.95. The molecule has 110 valence electrons. The van der Waals surface area contributed by atoms with E-state index in [4.69, 9.17) is 5.73 Å². The molecule has 1 aromatic carbocycles. The van der Waals surface area contributed by atoms with Gasteiger partial charge in [0.2, 0.25) is 0 Å². The SMILES string of the molecule is Cc1cccc(CNC(=O)c2cc(N)nc(C(C)C)c2)c1. The molecule has 0 aliphatic heterocycles. The summed E-state index contributed by atoms with van der Waals surface area (Å²) in [7, 11) is 0. The molecule has 21 heavy (non-hydrogen) atoms. The number of nitrogens with two attached hydrogens (primary N) is 1. The number of pyridine rings is 1. The number of hydrogen-bond donors (Lipinski definition) is 2. The maximum Gasteiger partial charge on any atom is 0.251 e. The molecule has 0 saturated heterocycles. The molecular formula is C17H21N3O. The predicted octanol–water partition coefficient (Wildman–Crippen LogP) is 3.03. The lowest BCUT2D eigenvalue weighted by Crippen LogP contribution is -2.23. The molecule has 1 heterocycles. The molecule has 1 aromatic heterocycles. The van der Waals surface area contributed by atoms with Crippen molar-refractivity contribution in [1.29, 1.82) is 0 Å². The summed E-state index contributed by atoms with van der Waals surface area (Å²) in [5.41, 5.74) is 9.41. The Kier molecular flexibility index (Phi) is 4.58. The molecule has 0 fully saturated rings. The van der Waals surface area contributed by atoms with E-state index < -0.39 is 0 Å². The van der Waals surface area contributed by atoms with Crippen molar-refractivity contribution >= 4 is 11.7 Å². The van der Waals surface area contributed by atoms with E-state index in [1.807, 2.05) is 39.0 Å². The van der Waals surface area contributed by atoms with Crippen LogP contribution in [0.1, 0.15) is 46.9 Å². The molecule has 0 atom stereocenters. The summed E-state index contributed by atoms with van der Waals surface area (Å²) in [6.07, 6.45) is 0. The molecule has 3 N–H and O–H groups in total. The first kappa shape index (κ1) is 15.0. The van der Waals surface area contributed by atoms with Crippen LogP contribution in [0.5, 0.6) is 0 Å². The van der Waals surface area contributed by atoms with Gasteiger partial charge in [-0.3, -0.25) is 4.79 Å². The lowest BCUT2D eigenvalue weighted by molar-refractivity contribution is 0.0950. The van der Waals surface area contributed by atoms with Crippen LogP contribution < -0.4 is 11.1 Å². The summed E-state index contributed by atoms with van der Waals surface area (Å²) in [4.78, 5) is 16.5. The van der Waals surface area contributed by atoms with E-state index >= 15 is 0 Å². The number of anilines is 1. The average molecular weight is 283 g/mol. The van der Waals surface area contributed by atoms with Crippen LogP contribution in [0.25, 0.3) is 0 Å². The quantitative estimate of drug-likeness (QED) is 0.906. The second kappa shape index (κ2) is 6.39. The van der Waals surface area contributed by atoms with Crippen LogP contribution in [0.2, 0.25) is 0 Å². The molecule has 1 amide bonds. The minimum atomic E-state index is -0.132. The van der Waals surface area contributed by atoms with Gasteiger partial charge in [-0.15, -0.1) is 0 Å². The normalized spacial score (nSPS) is 10.7. The number of nitrogen functional groups attached to an aromatic ring is 1. The monoisotopic (exact) mass is 283 g/mol. The van der Waals surface area contributed by atoms with Crippen molar-refractivity contribution in [2.75, 3.05) is 5.73 Å². The number of nitrogens with one attached hydrogen (secondary N) is 1. The van der Waals surface area contributed by atoms with Crippen LogP contribution in [0.3, 0.4) is 0 Å². The highest BCUT2D eigenvalue weighted by Crippen LogP contribution is 2.16. The smallest absolute Gasteiger partial charge is 0.251 e. The Hall–Kier alpha value is -2.36. The van der Waals surface area contributed by atoms with Gasteiger partial charge >= 0.3 is 0 Å². The van der Waals surface area contributed by atoms with Crippen LogP contribution in [0.15, 0.2) is 36.4 Å². The van der Waals surface area contributed by atoms with Gasteiger partial charge < -0.3 is 11.1 Å². The molecule has 0 bridgehead atoms. The molecule has 0 unspecified atom stereocenters. The molecular weight excluding hydrogens is 262 g/mol. The lowest BCUT2D eigenvalue weighted by atomic mass is 10.1. The Morgan fingerprint density at radius 2 is 2.05 bits per heavy atom. The van der Waals surface area contributed by atoms with E-state index in [2.05, 4.69) is 16.4 Å². The Morgan fingerprint density at radius 3 is 2.71 bits per heavy atom. The van der Waals surface area contributed by atoms with Crippen LogP contribution in [-0.2, 0) is 6.54 Å². The zero-order valence-electron chi connectivity index (χ0n) is 12.7. The number of benzene rings is 1. The molecule has 0 spiro atoms. The summed E-state index contributed by atoms with van der Waals surface area (Å²) >= 11 is 0. The van der Waals surface area contributed by atoms with Crippen LogP contribution >= 0.6 is 0 Å². The second-order valence-corrected chi connectivity index (χ2v) is 5.53. The van der Waals surface area contributed by atoms with Crippen molar-refractivity contribution in [2.45, 2.75) is 33.2 Å². The van der Waals surface area contributed by atoms with Gasteiger partial charge in [0.15, 0.2) is 0 Å². The predicted molar refractivity (Wildman–Crippen MR) is 85.1 cm³/mol. The summed E-state index contributed by atoms with van der Waals surface area (Å²) in [5, 5.41) is 2.91. The zero-order chi connectivity index (χ0) is 15.4. The molecule has 0 aliphatic carbocycles. The number of carbonyl (C=O) groups is 1. The summed E-state index contributed by atoms with van der Waals surface area (Å²) in [5.74, 6) is 0.478. The highest BCUT2D eigenvalue weighted by molar-refractivity contribution is 5.94. The first-order valence-corrected chi connectivity index (χ1v) is 7.07. The van der Waals surface area contributed by atoms with Crippen LogP contribution in [-0.4, -0.2) is 10.9 Å². The van der Waals surface area contributed by atoms with Gasteiger partial charge in [-0.1, -0.05) is 43.7 Å². The van der Waals surface area contributed by atoms with Gasteiger partial charge in [0.1, 0.15) is 5.82 Å². The van der Waals surface area contributed by atoms with Crippen LogP contribution in [0.4, 0.5) is 5.82 Å². The van der Waals surface area contributed by atoms with E-state index in [-0.39, 0.29) is 11.8 Å². The van der Waals surface area contributed by atoms with E-state index in [9.17, 15) is 4.79 Å².